The van der Waals surface area contributed by atoms with Crippen molar-refractivity contribution in [2.24, 2.45) is 5.92 Å². The molecule has 1 aliphatic carbocycles. The van der Waals surface area contributed by atoms with Gasteiger partial charge in [-0.2, -0.15) is 11.3 Å². The fraction of sp³-hybridized carbons (Fsp3) is 0.220. The Morgan fingerprint density at radius 1 is 0.826 bits per heavy atom. The van der Waals surface area contributed by atoms with E-state index in [0.29, 0.717) is 5.92 Å². The summed E-state index contributed by atoms with van der Waals surface area (Å²) in [5, 5.41) is 6.54. The van der Waals surface area contributed by atoms with Crippen LogP contribution in [0.25, 0.3) is 53.5 Å². The number of pyridine rings is 2. The Morgan fingerprint density at radius 2 is 1.63 bits per heavy atom. The van der Waals surface area contributed by atoms with Gasteiger partial charge in [0.05, 0.1) is 8.07 Å². The number of hydrogen-bond donors (Lipinski definition) is 0. The van der Waals surface area contributed by atoms with Gasteiger partial charge in [0, 0.05) is 38.6 Å². The topological polar surface area (TPSA) is 25.8 Å². The Labute approximate surface area is 292 Å². The van der Waals surface area contributed by atoms with E-state index in [9.17, 15) is 0 Å². The molecule has 1 aliphatic rings. The second kappa shape index (κ2) is 13.3. The summed E-state index contributed by atoms with van der Waals surface area (Å²) in [6.07, 6.45) is 6.19. The van der Waals surface area contributed by atoms with E-state index >= 15 is 0 Å². The molecule has 1 radical (unpaired) electrons. The minimum absolute atomic E-state index is 0. The van der Waals surface area contributed by atoms with Crippen molar-refractivity contribution < 1.29 is 21.5 Å². The summed E-state index contributed by atoms with van der Waals surface area (Å²) in [5.74, 6) is -0.0779. The molecule has 233 valence electrons. The average Bonchev–Trinajstić information content (AvgIpc) is 3.86. The van der Waals surface area contributed by atoms with Crippen LogP contribution in [0, 0.1) is 25.0 Å². The maximum atomic E-state index is 8.87. The molecule has 7 aromatic rings. The van der Waals surface area contributed by atoms with Crippen molar-refractivity contribution in [1.82, 2.24) is 9.97 Å². The van der Waals surface area contributed by atoms with Crippen LogP contribution in [0.5, 0.6) is 0 Å². The van der Waals surface area contributed by atoms with Gasteiger partial charge in [-0.05, 0) is 75.1 Å². The fourth-order valence-electron chi connectivity index (χ4n) is 5.94. The van der Waals surface area contributed by atoms with E-state index in [2.05, 4.69) is 98.3 Å². The Hall–Kier alpha value is -3.47. The third-order valence-corrected chi connectivity index (χ3v) is 12.1. The van der Waals surface area contributed by atoms with Gasteiger partial charge in [0.15, 0.2) is 0 Å². The molecule has 1 saturated carbocycles. The van der Waals surface area contributed by atoms with E-state index in [-0.39, 0.29) is 20.1 Å². The van der Waals surface area contributed by atoms with E-state index in [1.807, 2.05) is 67.1 Å². The number of rotatable bonds is 5. The summed E-state index contributed by atoms with van der Waals surface area (Å²) >= 11 is 1.84. The molecule has 0 amide bonds. The summed E-state index contributed by atoms with van der Waals surface area (Å²) < 4.78 is 11.4. The van der Waals surface area contributed by atoms with Crippen LogP contribution < -0.4 is 5.19 Å². The van der Waals surface area contributed by atoms with E-state index in [1.54, 1.807) is 0 Å². The van der Waals surface area contributed by atoms with Crippen molar-refractivity contribution in [3.8, 4) is 22.5 Å². The maximum absolute atomic E-state index is 8.87. The number of aromatic nitrogens is 2. The molecule has 0 saturated heterocycles. The van der Waals surface area contributed by atoms with Crippen molar-refractivity contribution in [2.75, 3.05) is 0 Å². The molecule has 0 aliphatic heterocycles. The summed E-state index contributed by atoms with van der Waals surface area (Å²) in [4.78, 5) is 9.21. The van der Waals surface area contributed by atoms with Crippen LogP contribution >= 0.6 is 11.3 Å². The van der Waals surface area contributed by atoms with Gasteiger partial charge in [0.2, 0.25) is 0 Å². The quantitative estimate of drug-likeness (QED) is 0.128. The molecule has 2 nitrogen and oxygen atoms in total. The van der Waals surface area contributed by atoms with Gasteiger partial charge in [-0.25, -0.2) is 0 Å². The van der Waals surface area contributed by atoms with E-state index in [0.717, 1.165) is 40.9 Å². The summed E-state index contributed by atoms with van der Waals surface area (Å²) in [6, 6.07) is 38.3. The minimum Gasteiger partial charge on any atom is -0.305 e. The summed E-state index contributed by atoms with van der Waals surface area (Å²) in [7, 11) is -1.23. The van der Waals surface area contributed by atoms with Crippen LogP contribution in [0.2, 0.25) is 19.6 Å². The van der Waals surface area contributed by atoms with Gasteiger partial charge in [-0.1, -0.05) is 91.6 Å². The van der Waals surface area contributed by atoms with E-state index < -0.39 is 14.0 Å². The molecule has 1 atom stereocenters. The monoisotopic (exact) mass is 812 g/mol. The molecule has 0 N–H and O–H groups in total. The number of hydrogen-bond acceptors (Lipinski definition) is 3. The smallest absolute Gasteiger partial charge is 0.0795 e. The normalized spacial score (nSPS) is 14.7. The Balaban J connectivity index is 0.000000194. The van der Waals surface area contributed by atoms with Crippen molar-refractivity contribution in [3.63, 3.8) is 0 Å². The summed E-state index contributed by atoms with van der Waals surface area (Å²) in [6.45, 7) is 11.2. The van der Waals surface area contributed by atoms with Gasteiger partial charge in [-0.15, -0.1) is 59.7 Å². The molecule has 1 fully saturated rings. The zero-order valence-electron chi connectivity index (χ0n) is 27.9. The first-order valence-electron chi connectivity index (χ1n) is 16.3. The molecule has 3 heterocycles. The molecule has 46 heavy (non-hydrogen) atoms. The average molecular weight is 812 g/mol. The van der Waals surface area contributed by atoms with Gasteiger partial charge in [-0.3, -0.25) is 0 Å². The van der Waals surface area contributed by atoms with Crippen LogP contribution in [0.15, 0.2) is 103 Å². The first-order valence-corrected chi connectivity index (χ1v) is 20.1. The number of thiophene rings is 1. The fourth-order valence-corrected chi connectivity index (χ4v) is 8.30. The first-order chi connectivity index (χ1) is 22.1. The molecule has 4 aromatic carbocycles. The Kier molecular flexibility index (Phi) is 9.03. The standard InChI is InChI=1S/C27H22NS.C14H16NSi.Ir/c1-16-6-7-19-10-11-22-21-4-3-5-23(26(21)29-27(22)24(19)14-16)25-15-20(12-13-28-25)17(2)18-8-9-18;1-16(2,3)13-9-10-14(15-11-13)12-7-5-4-6-8-12;/h3-4,6-7,10-15,17-18H,8-9H2,1-2H3;4-7,9-11H,1-3H3;/q2*-1;/i17D;;. The number of nitrogens with zero attached hydrogens (tertiary/aromatic N) is 2. The van der Waals surface area contributed by atoms with Crippen LogP contribution in [-0.2, 0) is 20.1 Å². The Morgan fingerprint density at radius 3 is 2.35 bits per heavy atom. The second-order valence-corrected chi connectivity index (χ2v) is 19.3. The largest absolute Gasteiger partial charge is 0.305 e. The second-order valence-electron chi connectivity index (χ2n) is 13.2. The molecule has 5 heteroatoms. The predicted octanol–water partition coefficient (Wildman–Crippen LogP) is 11.0. The molecule has 8 rings (SSSR count). The van der Waals surface area contributed by atoms with E-state index in [4.69, 9.17) is 6.35 Å². The van der Waals surface area contributed by atoms with E-state index in [1.165, 1.54) is 41.7 Å². The third kappa shape index (κ3) is 6.66. The van der Waals surface area contributed by atoms with Gasteiger partial charge in [0.25, 0.3) is 0 Å². The molecule has 0 bridgehead atoms. The first kappa shape index (κ1) is 31.1. The predicted molar refractivity (Wildman–Crippen MR) is 196 cm³/mol. The van der Waals surface area contributed by atoms with Crippen molar-refractivity contribution >= 4 is 55.5 Å². The van der Waals surface area contributed by atoms with Crippen LogP contribution in [0.1, 0.15) is 38.2 Å². The molecule has 0 spiro atoms. The number of benzene rings is 4. The molecular weight excluding hydrogens is 773 g/mol. The third-order valence-electron chi connectivity index (χ3n) is 8.85. The molecular formula is C41H38IrN2SSi-2. The van der Waals surface area contributed by atoms with Gasteiger partial charge >= 0.3 is 0 Å². The van der Waals surface area contributed by atoms with Crippen molar-refractivity contribution in [2.45, 2.75) is 52.2 Å². The number of aryl methyl sites for hydroxylation is 1. The number of fused-ring (bicyclic) bond motifs is 5. The van der Waals surface area contributed by atoms with Crippen molar-refractivity contribution in [3.05, 3.63) is 127 Å². The SMILES string of the molecule is C[Si](C)(C)c1ccc(-c2[c-]cccc2)nc1.[2H]C(C)(c1ccnc(-c2[c-]ccc3c2sc2c4cc(C)ccc4ccc32)c1)C1CC1.[Ir]. The van der Waals surface area contributed by atoms with Gasteiger partial charge < -0.3 is 9.97 Å². The minimum atomic E-state index is -1.23. The molecule has 1 unspecified atom stereocenters. The van der Waals surface area contributed by atoms with Crippen LogP contribution in [-0.4, -0.2) is 18.0 Å². The zero-order valence-corrected chi connectivity index (χ0v) is 31.2. The van der Waals surface area contributed by atoms with Crippen LogP contribution in [0.4, 0.5) is 0 Å². The Bertz CT molecular complexity index is 2180. The van der Waals surface area contributed by atoms with Crippen molar-refractivity contribution in [1.29, 1.82) is 0 Å². The van der Waals surface area contributed by atoms with Gasteiger partial charge in [0.1, 0.15) is 0 Å². The molecule has 3 aromatic heterocycles. The van der Waals surface area contributed by atoms with Crippen LogP contribution in [0.3, 0.4) is 0 Å². The maximum Gasteiger partial charge on any atom is 0.0795 e. The summed E-state index contributed by atoms with van der Waals surface area (Å²) in [5.41, 5.74) is 6.37. The zero-order chi connectivity index (χ0) is 32.1.